The Morgan fingerprint density at radius 1 is 1.19 bits per heavy atom. The zero-order chi connectivity index (χ0) is 30.0. The number of rotatable bonds is 9. The topological polar surface area (TPSA) is 110 Å². The van der Waals surface area contributed by atoms with Crippen LogP contribution in [0.4, 0.5) is 11.4 Å². The first-order valence-corrected chi connectivity index (χ1v) is 14.2. The summed E-state index contributed by atoms with van der Waals surface area (Å²) in [5.74, 6) is 0.555. The molecule has 3 heterocycles. The van der Waals surface area contributed by atoms with Crippen LogP contribution in [0.5, 0.6) is 5.88 Å². The Morgan fingerprint density at radius 3 is 2.71 bits per heavy atom. The van der Waals surface area contributed by atoms with Crippen molar-refractivity contribution in [3.8, 4) is 11.9 Å². The molecule has 2 aromatic carbocycles. The fourth-order valence-electron chi connectivity index (χ4n) is 4.90. The van der Waals surface area contributed by atoms with Crippen LogP contribution < -0.4 is 26.3 Å². The average molecular weight is 583 g/mol. The quantitative estimate of drug-likeness (QED) is 0.165. The molecule has 0 amide bonds. The highest BCUT2D eigenvalue weighted by Crippen LogP contribution is 2.38. The van der Waals surface area contributed by atoms with E-state index in [-0.39, 0.29) is 11.5 Å². The fraction of sp³-hybridized carbons (Fsp3) is 0.281. The van der Waals surface area contributed by atoms with Crippen molar-refractivity contribution in [3.63, 3.8) is 0 Å². The summed E-state index contributed by atoms with van der Waals surface area (Å²) in [6.45, 7) is 13.3. The molecule has 0 radical (unpaired) electrons. The van der Waals surface area contributed by atoms with E-state index in [9.17, 15) is 5.26 Å². The van der Waals surface area contributed by atoms with Crippen LogP contribution in [0.15, 0.2) is 73.0 Å². The van der Waals surface area contributed by atoms with Gasteiger partial charge in [-0.2, -0.15) is 5.26 Å². The van der Waals surface area contributed by atoms with Gasteiger partial charge in [0, 0.05) is 47.3 Å². The molecule has 1 aliphatic heterocycles. The highest BCUT2D eigenvalue weighted by molar-refractivity contribution is 6.35. The number of anilines is 2. The number of benzene rings is 2. The predicted molar refractivity (Wildman–Crippen MR) is 170 cm³/mol. The SMILES string of the molecule is C=C(CC)N1C=C([C@@H](Nc2cc(Cl)c3ncc(C#N)c(NCC(C)(C)C)c3c2)c2cccc3c(OC)nccc23)NN1. The Labute approximate surface area is 251 Å². The minimum atomic E-state index is -0.338. The third-order valence-corrected chi connectivity index (χ3v) is 7.40. The smallest absolute Gasteiger partial charge is 0.221 e. The normalized spacial score (nSPS) is 13.8. The Morgan fingerprint density at radius 2 is 2.00 bits per heavy atom. The van der Waals surface area contributed by atoms with Gasteiger partial charge in [0.2, 0.25) is 5.88 Å². The minimum Gasteiger partial charge on any atom is -0.481 e. The number of hydrazine groups is 2. The number of fused-ring (bicyclic) bond motifs is 2. The number of allylic oxidation sites excluding steroid dienone is 1. The van der Waals surface area contributed by atoms with Crippen molar-refractivity contribution in [3.05, 3.63) is 89.1 Å². The lowest BCUT2D eigenvalue weighted by Crippen LogP contribution is -2.36. The second-order valence-electron chi connectivity index (χ2n) is 11.4. The van der Waals surface area contributed by atoms with Crippen molar-refractivity contribution < 1.29 is 4.74 Å². The number of hydrogen-bond acceptors (Lipinski definition) is 9. The lowest BCUT2D eigenvalue weighted by atomic mass is 9.96. The molecule has 216 valence electrons. The summed E-state index contributed by atoms with van der Waals surface area (Å²) in [6.07, 6.45) is 6.10. The number of nitrogens with zero attached hydrogens (tertiary/aromatic N) is 4. The number of aromatic nitrogens is 2. The van der Waals surface area contributed by atoms with E-state index in [2.05, 4.69) is 78.0 Å². The van der Waals surface area contributed by atoms with Gasteiger partial charge in [0.1, 0.15) is 6.07 Å². The number of methoxy groups -OCH3 is 1. The summed E-state index contributed by atoms with van der Waals surface area (Å²) >= 11 is 6.83. The molecule has 0 unspecified atom stereocenters. The maximum absolute atomic E-state index is 9.89. The van der Waals surface area contributed by atoms with Crippen LogP contribution in [0.25, 0.3) is 21.7 Å². The van der Waals surface area contributed by atoms with Crippen molar-refractivity contribution in [1.29, 1.82) is 5.26 Å². The molecule has 10 heteroatoms. The molecule has 4 aromatic rings. The van der Waals surface area contributed by atoms with E-state index >= 15 is 0 Å². The average Bonchev–Trinajstić information content (AvgIpc) is 3.47. The molecule has 5 rings (SSSR count). The third-order valence-electron chi connectivity index (χ3n) is 7.11. The predicted octanol–water partition coefficient (Wildman–Crippen LogP) is 7.02. The molecule has 9 nitrogen and oxygen atoms in total. The highest BCUT2D eigenvalue weighted by atomic mass is 35.5. The fourth-order valence-corrected chi connectivity index (χ4v) is 5.16. The zero-order valence-corrected chi connectivity index (χ0v) is 25.2. The molecule has 0 spiro atoms. The van der Waals surface area contributed by atoms with Crippen molar-refractivity contribution >= 4 is 44.7 Å². The van der Waals surface area contributed by atoms with Crippen molar-refractivity contribution in [2.24, 2.45) is 5.41 Å². The number of nitrogens with one attached hydrogen (secondary N) is 4. The second-order valence-corrected chi connectivity index (χ2v) is 11.8. The van der Waals surface area contributed by atoms with E-state index in [4.69, 9.17) is 16.3 Å². The molecule has 42 heavy (non-hydrogen) atoms. The van der Waals surface area contributed by atoms with Gasteiger partial charge in [0.05, 0.1) is 40.6 Å². The van der Waals surface area contributed by atoms with E-state index in [1.54, 1.807) is 19.5 Å². The molecule has 1 atom stereocenters. The molecule has 0 fully saturated rings. The number of pyridine rings is 2. The number of ether oxygens (including phenoxy) is 1. The van der Waals surface area contributed by atoms with Gasteiger partial charge < -0.3 is 20.8 Å². The summed E-state index contributed by atoms with van der Waals surface area (Å²) in [5.41, 5.74) is 11.9. The second kappa shape index (κ2) is 11.8. The Kier molecular flexibility index (Phi) is 8.12. The summed E-state index contributed by atoms with van der Waals surface area (Å²) in [6, 6.07) is 13.8. The summed E-state index contributed by atoms with van der Waals surface area (Å²) in [5, 5.41) is 22.1. The molecule has 1 aliphatic rings. The highest BCUT2D eigenvalue weighted by Gasteiger charge is 2.26. The van der Waals surface area contributed by atoms with E-state index in [1.165, 1.54) is 0 Å². The number of halogens is 1. The molecule has 2 aromatic heterocycles. The van der Waals surface area contributed by atoms with Crippen LogP contribution in [-0.2, 0) is 0 Å². The van der Waals surface area contributed by atoms with Gasteiger partial charge in [-0.3, -0.25) is 9.99 Å². The van der Waals surface area contributed by atoms with Gasteiger partial charge in [-0.15, -0.1) is 5.53 Å². The first-order chi connectivity index (χ1) is 20.1. The van der Waals surface area contributed by atoms with Crippen LogP contribution in [0, 0.1) is 16.7 Å². The minimum absolute atomic E-state index is 0.000659. The Balaban J connectivity index is 1.66. The van der Waals surface area contributed by atoms with Gasteiger partial charge in [0.15, 0.2) is 0 Å². The molecule has 0 saturated heterocycles. The van der Waals surface area contributed by atoms with Gasteiger partial charge in [-0.1, -0.05) is 58.0 Å². The van der Waals surface area contributed by atoms with Crippen molar-refractivity contribution in [2.75, 3.05) is 24.3 Å². The molecular formula is C32H35ClN8O. The van der Waals surface area contributed by atoms with E-state index in [0.29, 0.717) is 34.2 Å². The van der Waals surface area contributed by atoms with Crippen LogP contribution in [0.3, 0.4) is 0 Å². The van der Waals surface area contributed by atoms with Crippen LogP contribution in [-0.4, -0.2) is 28.6 Å². The van der Waals surface area contributed by atoms with Crippen LogP contribution in [0.2, 0.25) is 5.02 Å². The Hall–Kier alpha value is -4.52. The monoisotopic (exact) mass is 582 g/mol. The van der Waals surface area contributed by atoms with E-state index in [0.717, 1.165) is 45.2 Å². The zero-order valence-electron chi connectivity index (χ0n) is 24.5. The third kappa shape index (κ3) is 5.77. The molecular weight excluding hydrogens is 548 g/mol. The van der Waals surface area contributed by atoms with Crippen molar-refractivity contribution in [2.45, 2.75) is 40.2 Å². The lowest BCUT2D eigenvalue weighted by molar-refractivity contribution is 0.327. The summed E-state index contributed by atoms with van der Waals surface area (Å²) < 4.78 is 5.56. The van der Waals surface area contributed by atoms with Crippen LogP contribution in [0.1, 0.15) is 51.3 Å². The Bertz CT molecular complexity index is 1740. The van der Waals surface area contributed by atoms with Gasteiger partial charge >= 0.3 is 0 Å². The first-order valence-electron chi connectivity index (χ1n) is 13.8. The maximum atomic E-state index is 9.89. The summed E-state index contributed by atoms with van der Waals surface area (Å²) in [7, 11) is 1.62. The van der Waals surface area contributed by atoms with Gasteiger partial charge in [-0.25, -0.2) is 4.98 Å². The molecule has 4 N–H and O–H groups in total. The maximum Gasteiger partial charge on any atom is 0.221 e. The van der Waals surface area contributed by atoms with Crippen LogP contribution >= 0.6 is 11.6 Å². The van der Waals surface area contributed by atoms with E-state index < -0.39 is 0 Å². The van der Waals surface area contributed by atoms with Crippen molar-refractivity contribution in [1.82, 2.24) is 25.9 Å². The number of nitriles is 1. The first kappa shape index (κ1) is 29.0. The summed E-state index contributed by atoms with van der Waals surface area (Å²) in [4.78, 5) is 8.92. The van der Waals surface area contributed by atoms with Gasteiger partial charge in [0.25, 0.3) is 0 Å². The molecule has 0 bridgehead atoms. The molecule has 0 saturated carbocycles. The van der Waals surface area contributed by atoms with E-state index in [1.807, 2.05) is 41.5 Å². The number of hydrogen-bond donors (Lipinski definition) is 4. The largest absolute Gasteiger partial charge is 0.481 e. The lowest BCUT2D eigenvalue weighted by Gasteiger charge is -2.24. The molecule has 0 aliphatic carbocycles. The standard InChI is InChI=1S/C32H35ClN8O/c1-7-19(2)41-17-27(39-40-41)30(23-9-8-10-24-22(23)11-12-35-31(24)42-6)38-21-13-25-28(37-18-32(3,4)5)20(15-34)16-36-29(25)26(33)14-21/h8-14,16-17,30,38-40H,2,7,18H2,1,3-6H3,(H,36,37)/t30-/m0/s1. The van der Waals surface area contributed by atoms with Gasteiger partial charge in [-0.05, 0) is 47.1 Å².